The quantitative estimate of drug-likeness (QED) is 0.0673. The van der Waals surface area contributed by atoms with Crippen molar-refractivity contribution in [2.75, 3.05) is 4.90 Å². The molecule has 9 heteroatoms. The molecular weight excluding hydrogens is 795 g/mol. The summed E-state index contributed by atoms with van der Waals surface area (Å²) in [6.45, 7) is 4.24. The maximum absolute atomic E-state index is 11.2. The van der Waals surface area contributed by atoms with Crippen LogP contribution in [-0.2, 0) is 9.59 Å². The molecule has 7 rings (SSSR count). The average molecular weight is 832 g/mol. The van der Waals surface area contributed by atoms with Gasteiger partial charge in [-0.2, -0.15) is 10.5 Å². The number of aryl methyl sites for hydroxylation is 2. The molecule has 2 N–H and O–H groups in total. The van der Waals surface area contributed by atoms with E-state index in [0.29, 0.717) is 9.75 Å². The van der Waals surface area contributed by atoms with Gasteiger partial charge in [-0.3, -0.25) is 0 Å². The molecule has 7 nitrogen and oxygen atoms in total. The van der Waals surface area contributed by atoms with Crippen molar-refractivity contribution in [3.05, 3.63) is 194 Å². The number of thiophene rings is 2. The number of nitriles is 2. The molecule has 0 spiro atoms. The zero-order chi connectivity index (χ0) is 42.9. The van der Waals surface area contributed by atoms with E-state index in [-0.39, 0.29) is 11.1 Å². The summed E-state index contributed by atoms with van der Waals surface area (Å²) < 4.78 is 0. The second-order valence-corrected chi connectivity index (χ2v) is 16.3. The van der Waals surface area contributed by atoms with Crippen LogP contribution < -0.4 is 4.90 Å². The van der Waals surface area contributed by atoms with Gasteiger partial charge in [-0.05, 0) is 120 Å². The molecule has 0 atom stereocenters. The van der Waals surface area contributed by atoms with Gasteiger partial charge in [0.05, 0.1) is 0 Å². The fourth-order valence-electron chi connectivity index (χ4n) is 6.59. The second-order valence-electron chi connectivity index (χ2n) is 14.1. The Bertz CT molecular complexity index is 2760. The number of anilines is 3. The van der Waals surface area contributed by atoms with Crippen LogP contribution in [0, 0.1) is 36.5 Å². The Morgan fingerprint density at radius 1 is 0.525 bits per heavy atom. The number of aliphatic carboxylic acids is 2. The molecule has 0 aliphatic carbocycles. The van der Waals surface area contributed by atoms with E-state index in [1.807, 2.05) is 72.8 Å². The second kappa shape index (κ2) is 18.8. The zero-order valence-corrected chi connectivity index (χ0v) is 34.7. The number of hydrogen-bond donors (Lipinski definition) is 2. The number of carboxylic acid groups (broad SMARTS) is 2. The third-order valence-corrected chi connectivity index (χ3v) is 11.9. The average Bonchev–Trinajstić information content (AvgIpc) is 3.95. The first-order valence-corrected chi connectivity index (χ1v) is 20.7. The summed E-state index contributed by atoms with van der Waals surface area (Å²) in [6, 6.07) is 50.8. The summed E-state index contributed by atoms with van der Waals surface area (Å²) >= 11 is 2.87. The van der Waals surface area contributed by atoms with Crippen molar-refractivity contribution in [2.45, 2.75) is 13.8 Å². The third-order valence-electron chi connectivity index (χ3n) is 9.75. The lowest BCUT2D eigenvalue weighted by molar-refractivity contribution is -0.133. The van der Waals surface area contributed by atoms with Gasteiger partial charge >= 0.3 is 11.9 Å². The van der Waals surface area contributed by atoms with Gasteiger partial charge in [0.15, 0.2) is 0 Å². The molecule has 0 bridgehead atoms. The van der Waals surface area contributed by atoms with Crippen molar-refractivity contribution >= 4 is 88.1 Å². The molecule has 0 unspecified atom stereocenters. The summed E-state index contributed by atoms with van der Waals surface area (Å²) in [5.41, 5.74) is 11.2. The number of rotatable bonds is 13. The number of benzene rings is 5. The maximum atomic E-state index is 11.2. The highest BCUT2D eigenvalue weighted by atomic mass is 32.1. The van der Waals surface area contributed by atoms with Crippen LogP contribution in [0.3, 0.4) is 0 Å². The first-order chi connectivity index (χ1) is 29.6. The lowest BCUT2D eigenvalue weighted by Gasteiger charge is -2.27. The van der Waals surface area contributed by atoms with Gasteiger partial charge in [0, 0.05) is 36.6 Å². The normalized spacial score (nSPS) is 11.7. The Hall–Kier alpha value is -7.82. The van der Waals surface area contributed by atoms with Gasteiger partial charge in [0.1, 0.15) is 23.3 Å². The maximum Gasteiger partial charge on any atom is 0.346 e. The number of hydrogen-bond acceptors (Lipinski definition) is 7. The van der Waals surface area contributed by atoms with E-state index in [4.69, 9.17) is 20.7 Å². The van der Waals surface area contributed by atoms with Gasteiger partial charge in [0.25, 0.3) is 0 Å². The molecule has 0 aliphatic heterocycles. The van der Waals surface area contributed by atoms with Crippen molar-refractivity contribution in [1.29, 1.82) is 10.5 Å². The molecule has 61 heavy (non-hydrogen) atoms. The highest BCUT2D eigenvalue weighted by molar-refractivity contribution is 7.16. The van der Waals surface area contributed by atoms with Crippen LogP contribution in [0.2, 0.25) is 0 Å². The van der Waals surface area contributed by atoms with Crippen LogP contribution in [0.4, 0.5) is 17.1 Å². The van der Waals surface area contributed by atoms with E-state index >= 15 is 0 Å². The third kappa shape index (κ3) is 10.3. The Kier molecular flexibility index (Phi) is 12.8. The summed E-state index contributed by atoms with van der Waals surface area (Å²) in [5, 5.41) is 36.5. The molecule has 0 saturated heterocycles. The largest absolute Gasteiger partial charge is 0.477 e. The minimum absolute atomic E-state index is 0.291. The van der Waals surface area contributed by atoms with Gasteiger partial charge in [0.2, 0.25) is 0 Å². The fourth-order valence-corrected chi connectivity index (χ4v) is 8.51. The van der Waals surface area contributed by atoms with Gasteiger partial charge in [-0.15, -0.1) is 22.7 Å². The highest BCUT2D eigenvalue weighted by Gasteiger charge is 2.15. The molecule has 296 valence electrons. The first-order valence-electron chi connectivity index (χ1n) is 19.1. The van der Waals surface area contributed by atoms with Crippen LogP contribution in [0.1, 0.15) is 43.1 Å². The van der Waals surface area contributed by atoms with Gasteiger partial charge in [-0.1, -0.05) is 115 Å². The Morgan fingerprint density at radius 2 is 0.902 bits per heavy atom. The minimum atomic E-state index is -1.24. The number of nitrogens with zero attached hydrogens (tertiary/aromatic N) is 3. The highest BCUT2D eigenvalue weighted by Crippen LogP contribution is 2.38. The van der Waals surface area contributed by atoms with Crippen molar-refractivity contribution < 1.29 is 19.8 Å². The molecule has 0 radical (unpaired) electrons. The zero-order valence-electron chi connectivity index (χ0n) is 33.1. The van der Waals surface area contributed by atoms with E-state index < -0.39 is 11.9 Å². The van der Waals surface area contributed by atoms with Crippen LogP contribution in [0.25, 0.3) is 57.3 Å². The monoisotopic (exact) mass is 831 g/mol. The summed E-state index contributed by atoms with van der Waals surface area (Å²) in [6.07, 6.45) is 11.1. The van der Waals surface area contributed by atoms with Gasteiger partial charge < -0.3 is 15.1 Å². The molecular formula is C52H37N3O4S2. The molecule has 0 aliphatic rings. The molecule has 5 aromatic carbocycles. The number of carbonyl (C=O) groups is 2. The fraction of sp³-hybridized carbons (Fsp3) is 0.0385. The van der Waals surface area contributed by atoms with E-state index in [9.17, 15) is 9.59 Å². The van der Waals surface area contributed by atoms with Crippen LogP contribution in [-0.4, -0.2) is 22.2 Å². The lowest BCUT2D eigenvalue weighted by atomic mass is 10.1. The topological polar surface area (TPSA) is 125 Å². The molecule has 0 fully saturated rings. The number of carboxylic acids is 2. The van der Waals surface area contributed by atoms with Crippen molar-refractivity contribution in [3.63, 3.8) is 0 Å². The standard InChI is InChI=1S/C52H37N3O4S2/c1-34-3-26-48(35(2)29-34)55(44-20-12-38(13-21-44)6-4-36-8-16-40(17-9-36)49-27-24-46(60-49)30-42(32-53)51(56)57)45-22-14-39(15-23-45)7-5-37-10-18-41(19-11-37)50-28-25-47(61-50)31-43(33-54)52(58)59/h3-31H,1-2H3,(H,56,57)(H,58,59)/b6-4+,7-5+,42-30-,43-31+. The molecule has 2 aromatic heterocycles. The Balaban J connectivity index is 1.04. The predicted molar refractivity (Wildman–Crippen MR) is 250 cm³/mol. The van der Waals surface area contributed by atoms with E-state index in [1.54, 1.807) is 12.1 Å². The minimum Gasteiger partial charge on any atom is -0.477 e. The molecule has 0 saturated carbocycles. The smallest absolute Gasteiger partial charge is 0.346 e. The lowest BCUT2D eigenvalue weighted by Crippen LogP contribution is -2.11. The van der Waals surface area contributed by atoms with Crippen LogP contribution in [0.15, 0.2) is 151 Å². The van der Waals surface area contributed by atoms with E-state index in [2.05, 4.69) is 110 Å². The first kappa shape index (κ1) is 41.3. The van der Waals surface area contributed by atoms with Crippen molar-refractivity contribution in [1.82, 2.24) is 0 Å². The molecule has 0 amide bonds. The summed E-state index contributed by atoms with van der Waals surface area (Å²) in [4.78, 5) is 28.1. The van der Waals surface area contributed by atoms with E-state index in [1.165, 1.54) is 46.0 Å². The SMILES string of the molecule is Cc1ccc(N(c2ccc(/C=C/c3ccc(-c4ccc(/C=C(/C#N)C(=O)O)s4)cc3)cc2)c2ccc(/C=C/c3ccc(-c4ccc(/C=C(\C#N)C(=O)O)s4)cc3)cc2)c(C)c1. The van der Waals surface area contributed by atoms with Gasteiger partial charge in [-0.25, -0.2) is 9.59 Å². The predicted octanol–water partition coefficient (Wildman–Crippen LogP) is 13.6. The van der Waals surface area contributed by atoms with E-state index in [0.717, 1.165) is 60.2 Å². The Morgan fingerprint density at radius 3 is 1.25 bits per heavy atom. The summed E-state index contributed by atoms with van der Waals surface area (Å²) in [7, 11) is 0. The Labute approximate surface area is 362 Å². The van der Waals surface area contributed by atoms with Crippen LogP contribution >= 0.6 is 22.7 Å². The molecule has 7 aromatic rings. The van der Waals surface area contributed by atoms with Crippen molar-refractivity contribution in [3.8, 4) is 33.0 Å². The van der Waals surface area contributed by atoms with Crippen LogP contribution in [0.5, 0.6) is 0 Å². The summed E-state index contributed by atoms with van der Waals surface area (Å²) in [5.74, 6) is -2.47. The molecule has 2 heterocycles. The van der Waals surface area contributed by atoms with Crippen molar-refractivity contribution in [2.24, 2.45) is 0 Å².